The second-order valence-corrected chi connectivity index (χ2v) is 6.66. The Labute approximate surface area is 171 Å². The minimum absolute atomic E-state index is 0.204. The molecule has 0 bridgehead atoms. The van der Waals surface area contributed by atoms with Crippen LogP contribution in [0.1, 0.15) is 42.1 Å². The van der Waals surface area contributed by atoms with Crippen LogP contribution in [0.5, 0.6) is 17.2 Å². The van der Waals surface area contributed by atoms with Gasteiger partial charge in [-0.1, -0.05) is 26.0 Å². The first-order chi connectivity index (χ1) is 13.4. The van der Waals surface area contributed by atoms with E-state index in [-0.39, 0.29) is 11.0 Å². The fourth-order valence-electron chi connectivity index (χ4n) is 2.68. The highest BCUT2D eigenvalue weighted by atomic mass is 32.1. The number of methoxy groups -OCH3 is 3. The molecule has 0 saturated heterocycles. The molecule has 0 unspecified atom stereocenters. The largest absolute Gasteiger partial charge is 0.493 e. The van der Waals surface area contributed by atoms with Crippen LogP contribution in [0.3, 0.4) is 0 Å². The van der Waals surface area contributed by atoms with Crippen molar-refractivity contribution in [2.45, 2.75) is 26.2 Å². The molecular weight excluding hydrogens is 376 g/mol. The number of nitrogens with one attached hydrogen (secondary N) is 2. The Morgan fingerprint density at radius 1 is 1.04 bits per heavy atom. The smallest absolute Gasteiger partial charge is 0.257 e. The predicted molar refractivity (Wildman–Crippen MR) is 115 cm³/mol. The Morgan fingerprint density at radius 2 is 1.61 bits per heavy atom. The molecule has 2 aromatic carbocycles. The molecule has 0 radical (unpaired) electrons. The Bertz CT molecular complexity index is 812. The number of hydrogen-bond donors (Lipinski definition) is 2. The normalized spacial score (nSPS) is 11.3. The van der Waals surface area contributed by atoms with Gasteiger partial charge in [0.25, 0.3) is 5.91 Å². The zero-order chi connectivity index (χ0) is 20.7. The van der Waals surface area contributed by atoms with Crippen LogP contribution in [-0.2, 0) is 0 Å². The summed E-state index contributed by atoms with van der Waals surface area (Å²) < 4.78 is 15.8. The number of carbonyl (C=O) groups is 1. The molecule has 0 fully saturated rings. The van der Waals surface area contributed by atoms with Gasteiger partial charge in [0.05, 0.1) is 21.3 Å². The van der Waals surface area contributed by atoms with Gasteiger partial charge in [0.1, 0.15) is 0 Å². The summed E-state index contributed by atoms with van der Waals surface area (Å²) in [4.78, 5) is 12.6. The van der Waals surface area contributed by atoms with E-state index in [1.807, 2.05) is 12.1 Å². The van der Waals surface area contributed by atoms with E-state index in [0.717, 1.165) is 12.1 Å². The Balaban J connectivity index is 2.09. The van der Waals surface area contributed by atoms with Crippen LogP contribution in [0.2, 0.25) is 0 Å². The zero-order valence-electron chi connectivity index (χ0n) is 16.8. The fraction of sp³-hybridized carbons (Fsp3) is 0.333. The zero-order valence-corrected chi connectivity index (χ0v) is 17.6. The predicted octanol–water partition coefficient (Wildman–Crippen LogP) is 4.35. The third-order valence-electron chi connectivity index (χ3n) is 4.50. The summed E-state index contributed by atoms with van der Waals surface area (Å²) in [5.74, 6) is 1.33. The molecule has 150 valence electrons. The van der Waals surface area contributed by atoms with E-state index in [0.29, 0.717) is 28.7 Å². The molecule has 2 N–H and O–H groups in total. The first kappa shape index (κ1) is 21.5. The van der Waals surface area contributed by atoms with Gasteiger partial charge in [-0.3, -0.25) is 10.1 Å². The summed E-state index contributed by atoms with van der Waals surface area (Å²) in [7, 11) is 4.49. The second kappa shape index (κ2) is 9.94. The van der Waals surface area contributed by atoms with Crippen molar-refractivity contribution in [3.05, 3.63) is 47.5 Å². The number of rotatable bonds is 7. The Morgan fingerprint density at radius 3 is 2.07 bits per heavy atom. The highest BCUT2D eigenvalue weighted by molar-refractivity contribution is 7.80. The molecule has 2 rings (SSSR count). The van der Waals surface area contributed by atoms with Gasteiger partial charge in [0, 0.05) is 11.3 Å². The molecular formula is C21H26N2O4S. The van der Waals surface area contributed by atoms with Crippen molar-refractivity contribution in [3.8, 4) is 17.2 Å². The minimum atomic E-state index is -0.382. The fourth-order valence-corrected chi connectivity index (χ4v) is 2.89. The Kier molecular flexibility index (Phi) is 7.63. The van der Waals surface area contributed by atoms with E-state index >= 15 is 0 Å². The van der Waals surface area contributed by atoms with Crippen molar-refractivity contribution < 1.29 is 19.0 Å². The van der Waals surface area contributed by atoms with Gasteiger partial charge in [-0.15, -0.1) is 0 Å². The standard InChI is InChI=1S/C21H26N2O4S/c1-6-13(2)14-7-9-16(10-8-14)22-21(28)23-20(24)15-11-17(25-3)19(27-5)18(12-15)26-4/h7-13H,6H2,1-5H3,(H2,22,23,24,28)/t13-/m1/s1. The average Bonchev–Trinajstić information content (AvgIpc) is 2.72. The second-order valence-electron chi connectivity index (χ2n) is 6.25. The topological polar surface area (TPSA) is 68.8 Å². The van der Waals surface area contributed by atoms with Gasteiger partial charge in [-0.2, -0.15) is 0 Å². The van der Waals surface area contributed by atoms with Crippen molar-refractivity contribution >= 4 is 28.9 Å². The monoisotopic (exact) mass is 402 g/mol. The van der Waals surface area contributed by atoms with Gasteiger partial charge in [-0.25, -0.2) is 0 Å². The van der Waals surface area contributed by atoms with E-state index in [2.05, 4.69) is 36.6 Å². The maximum atomic E-state index is 12.6. The van der Waals surface area contributed by atoms with Crippen LogP contribution >= 0.6 is 12.2 Å². The summed E-state index contributed by atoms with van der Waals surface area (Å²) in [6.07, 6.45) is 1.08. The summed E-state index contributed by atoms with van der Waals surface area (Å²) in [6, 6.07) is 11.1. The van der Waals surface area contributed by atoms with Crippen LogP contribution in [0.4, 0.5) is 5.69 Å². The molecule has 0 aliphatic carbocycles. The molecule has 7 heteroatoms. The number of hydrogen-bond acceptors (Lipinski definition) is 5. The molecule has 0 aliphatic heterocycles. The molecule has 0 saturated carbocycles. The molecule has 6 nitrogen and oxygen atoms in total. The number of ether oxygens (including phenoxy) is 3. The van der Waals surface area contributed by atoms with Gasteiger partial charge in [0.2, 0.25) is 5.75 Å². The van der Waals surface area contributed by atoms with Crippen LogP contribution in [-0.4, -0.2) is 32.3 Å². The third kappa shape index (κ3) is 5.13. The SMILES string of the molecule is CC[C@@H](C)c1ccc(NC(=S)NC(=O)c2cc(OC)c(OC)c(OC)c2)cc1. The highest BCUT2D eigenvalue weighted by Crippen LogP contribution is 2.38. The Hall–Kier alpha value is -2.80. The lowest BCUT2D eigenvalue weighted by molar-refractivity contribution is 0.0977. The number of amides is 1. The molecule has 2 aromatic rings. The summed E-state index contributed by atoms with van der Waals surface area (Å²) in [6.45, 7) is 4.34. The summed E-state index contributed by atoms with van der Waals surface area (Å²) in [5.41, 5.74) is 2.41. The minimum Gasteiger partial charge on any atom is -0.493 e. The summed E-state index contributed by atoms with van der Waals surface area (Å²) in [5, 5.41) is 5.89. The summed E-state index contributed by atoms with van der Waals surface area (Å²) >= 11 is 5.26. The molecule has 1 amide bonds. The van der Waals surface area contributed by atoms with E-state index in [1.54, 1.807) is 12.1 Å². The highest BCUT2D eigenvalue weighted by Gasteiger charge is 2.17. The van der Waals surface area contributed by atoms with E-state index < -0.39 is 0 Å². The van der Waals surface area contributed by atoms with E-state index in [4.69, 9.17) is 26.4 Å². The lowest BCUT2D eigenvalue weighted by atomic mass is 9.99. The number of benzene rings is 2. The van der Waals surface area contributed by atoms with E-state index in [1.165, 1.54) is 26.9 Å². The molecule has 0 spiro atoms. The van der Waals surface area contributed by atoms with E-state index in [9.17, 15) is 4.79 Å². The maximum absolute atomic E-state index is 12.6. The lowest BCUT2D eigenvalue weighted by Gasteiger charge is -2.15. The molecule has 1 atom stereocenters. The van der Waals surface area contributed by atoms with Crippen molar-refractivity contribution in [1.29, 1.82) is 0 Å². The number of anilines is 1. The third-order valence-corrected chi connectivity index (χ3v) is 4.71. The van der Waals surface area contributed by atoms with Crippen LogP contribution in [0.15, 0.2) is 36.4 Å². The number of carbonyl (C=O) groups excluding carboxylic acids is 1. The lowest BCUT2D eigenvalue weighted by Crippen LogP contribution is -2.34. The van der Waals surface area contributed by atoms with Crippen LogP contribution in [0.25, 0.3) is 0 Å². The van der Waals surface area contributed by atoms with Gasteiger partial charge >= 0.3 is 0 Å². The van der Waals surface area contributed by atoms with Crippen LogP contribution in [0, 0.1) is 0 Å². The van der Waals surface area contributed by atoms with Crippen molar-refractivity contribution in [2.24, 2.45) is 0 Å². The van der Waals surface area contributed by atoms with Crippen molar-refractivity contribution in [3.63, 3.8) is 0 Å². The quantitative estimate of drug-likeness (QED) is 0.671. The molecule has 0 aromatic heterocycles. The molecule has 0 aliphatic rings. The van der Waals surface area contributed by atoms with Gasteiger partial charge in [0.15, 0.2) is 16.6 Å². The first-order valence-electron chi connectivity index (χ1n) is 8.95. The molecule has 28 heavy (non-hydrogen) atoms. The van der Waals surface area contributed by atoms with Gasteiger partial charge < -0.3 is 19.5 Å². The average molecular weight is 403 g/mol. The maximum Gasteiger partial charge on any atom is 0.257 e. The number of thiocarbonyl (C=S) groups is 1. The van der Waals surface area contributed by atoms with Gasteiger partial charge in [-0.05, 0) is 54.4 Å². The molecule has 0 heterocycles. The van der Waals surface area contributed by atoms with Crippen LogP contribution < -0.4 is 24.8 Å². The first-order valence-corrected chi connectivity index (χ1v) is 9.36. The van der Waals surface area contributed by atoms with Crippen molar-refractivity contribution in [1.82, 2.24) is 5.32 Å². The van der Waals surface area contributed by atoms with Crippen molar-refractivity contribution in [2.75, 3.05) is 26.6 Å².